The van der Waals surface area contributed by atoms with Gasteiger partial charge in [-0.2, -0.15) is 5.26 Å². The Kier molecular flexibility index (Phi) is 7.37. The maximum absolute atomic E-state index is 12.4. The Bertz CT molecular complexity index is 1370. The van der Waals surface area contributed by atoms with Gasteiger partial charge >= 0.3 is 5.97 Å². The number of rotatable bonds is 7. The van der Waals surface area contributed by atoms with Gasteiger partial charge < -0.3 is 24.7 Å². The van der Waals surface area contributed by atoms with E-state index in [0.29, 0.717) is 34.5 Å². The number of nitrogens with two attached hydrogens (primary N) is 1. The van der Waals surface area contributed by atoms with Crippen molar-refractivity contribution in [2.75, 3.05) is 13.2 Å². The zero-order valence-electron chi connectivity index (χ0n) is 20.1. The van der Waals surface area contributed by atoms with E-state index in [4.69, 9.17) is 36.3 Å². The van der Waals surface area contributed by atoms with Crippen LogP contribution in [0, 0.1) is 25.2 Å². The van der Waals surface area contributed by atoms with E-state index in [1.54, 1.807) is 30.3 Å². The van der Waals surface area contributed by atoms with E-state index in [0.717, 1.165) is 22.3 Å². The van der Waals surface area contributed by atoms with Gasteiger partial charge in [0.2, 0.25) is 5.88 Å². The number of hydrogen-bond acceptors (Lipinski definition) is 7. The van der Waals surface area contributed by atoms with Crippen LogP contribution in [0.3, 0.4) is 0 Å². The van der Waals surface area contributed by atoms with Gasteiger partial charge in [0, 0.05) is 16.7 Å². The molecule has 7 nitrogen and oxygen atoms in total. The average molecular weight is 505 g/mol. The first-order valence-electron chi connectivity index (χ1n) is 11.3. The number of esters is 1. The highest BCUT2D eigenvalue weighted by Crippen LogP contribution is 2.44. The van der Waals surface area contributed by atoms with Crippen LogP contribution in [0.1, 0.15) is 35.1 Å². The van der Waals surface area contributed by atoms with Crippen molar-refractivity contribution < 1.29 is 23.7 Å². The van der Waals surface area contributed by atoms with Crippen molar-refractivity contribution in [1.82, 2.24) is 0 Å². The van der Waals surface area contributed by atoms with Crippen LogP contribution in [-0.4, -0.2) is 19.2 Å². The molecule has 1 heterocycles. The molecule has 0 spiro atoms. The summed E-state index contributed by atoms with van der Waals surface area (Å²) < 4.78 is 22.4. The van der Waals surface area contributed by atoms with Crippen molar-refractivity contribution in [2.24, 2.45) is 5.73 Å². The minimum absolute atomic E-state index is 0.00268. The number of benzene rings is 3. The highest BCUT2D eigenvalue weighted by molar-refractivity contribution is 6.32. The van der Waals surface area contributed by atoms with Gasteiger partial charge in [-0.15, -0.1) is 0 Å². The quantitative estimate of drug-likeness (QED) is 0.332. The van der Waals surface area contributed by atoms with Crippen LogP contribution in [0.15, 0.2) is 66.1 Å². The SMILES string of the molecule is CCOc1cccc(C2C(C#N)=C(N)Oc3cc(OC(=O)COc4cc(C)c(Cl)c(C)c4)ccc32)c1. The number of carbonyl (C=O) groups excluding carboxylic acids is 1. The highest BCUT2D eigenvalue weighted by atomic mass is 35.5. The van der Waals surface area contributed by atoms with Crippen LogP contribution in [0.25, 0.3) is 0 Å². The molecule has 3 aromatic carbocycles. The Morgan fingerprint density at radius 2 is 1.81 bits per heavy atom. The Hall–Kier alpha value is -4.15. The minimum Gasteiger partial charge on any atom is -0.494 e. The van der Waals surface area contributed by atoms with Crippen molar-refractivity contribution >= 4 is 17.6 Å². The molecule has 3 aromatic rings. The molecular formula is C28H25ClN2O5. The summed E-state index contributed by atoms with van der Waals surface area (Å²) in [6.07, 6.45) is 0. The molecule has 0 saturated carbocycles. The van der Waals surface area contributed by atoms with Gasteiger partial charge in [-0.1, -0.05) is 29.8 Å². The van der Waals surface area contributed by atoms with Gasteiger partial charge in [0.05, 0.1) is 12.5 Å². The number of nitriles is 1. The molecule has 0 bridgehead atoms. The lowest BCUT2D eigenvalue weighted by Crippen LogP contribution is -2.21. The first-order chi connectivity index (χ1) is 17.3. The Morgan fingerprint density at radius 3 is 2.50 bits per heavy atom. The Labute approximate surface area is 214 Å². The van der Waals surface area contributed by atoms with Crippen LogP contribution in [0.2, 0.25) is 5.02 Å². The summed E-state index contributed by atoms with van der Waals surface area (Å²) in [4.78, 5) is 12.4. The molecule has 1 aliphatic rings. The van der Waals surface area contributed by atoms with Crippen molar-refractivity contribution in [3.05, 3.63) is 93.3 Å². The maximum atomic E-state index is 12.4. The molecular weight excluding hydrogens is 480 g/mol. The lowest BCUT2D eigenvalue weighted by Gasteiger charge is -2.27. The number of hydrogen-bond donors (Lipinski definition) is 1. The number of nitrogens with zero attached hydrogens (tertiary/aromatic N) is 1. The minimum atomic E-state index is -0.585. The molecule has 184 valence electrons. The van der Waals surface area contributed by atoms with E-state index >= 15 is 0 Å². The number of fused-ring (bicyclic) bond motifs is 1. The van der Waals surface area contributed by atoms with Crippen LogP contribution in [0.5, 0.6) is 23.0 Å². The first-order valence-corrected chi connectivity index (χ1v) is 11.7. The fraction of sp³-hybridized carbons (Fsp3) is 0.214. The monoisotopic (exact) mass is 504 g/mol. The van der Waals surface area contributed by atoms with E-state index in [1.165, 1.54) is 0 Å². The molecule has 0 radical (unpaired) electrons. The first kappa shape index (κ1) is 25.0. The summed E-state index contributed by atoms with van der Waals surface area (Å²) in [6, 6.07) is 18.2. The third kappa shape index (κ3) is 5.24. The van der Waals surface area contributed by atoms with Crippen LogP contribution in [-0.2, 0) is 4.79 Å². The van der Waals surface area contributed by atoms with E-state index in [9.17, 15) is 10.1 Å². The van der Waals surface area contributed by atoms with Crippen LogP contribution in [0.4, 0.5) is 0 Å². The fourth-order valence-electron chi connectivity index (χ4n) is 4.09. The third-order valence-corrected chi connectivity index (χ3v) is 6.29. The number of carbonyl (C=O) groups is 1. The molecule has 0 aromatic heterocycles. The zero-order chi connectivity index (χ0) is 25.8. The topological polar surface area (TPSA) is 104 Å². The highest BCUT2D eigenvalue weighted by Gasteiger charge is 2.31. The molecule has 2 N–H and O–H groups in total. The van der Waals surface area contributed by atoms with E-state index in [-0.39, 0.29) is 18.2 Å². The summed E-state index contributed by atoms with van der Waals surface area (Å²) in [5, 5.41) is 10.4. The number of allylic oxidation sites excluding steroid dienone is 1. The smallest absolute Gasteiger partial charge is 0.349 e. The van der Waals surface area contributed by atoms with Crippen molar-refractivity contribution in [2.45, 2.75) is 26.7 Å². The molecule has 0 aliphatic carbocycles. The molecule has 0 saturated heterocycles. The Balaban J connectivity index is 1.54. The van der Waals surface area contributed by atoms with Gasteiger partial charge in [-0.25, -0.2) is 4.79 Å². The number of ether oxygens (including phenoxy) is 4. The standard InChI is InChI=1S/C28H25ClN2O5/c1-4-33-19-7-5-6-18(12-19)26-22-9-8-20(13-24(22)36-28(31)23(26)14-30)35-25(32)15-34-21-10-16(2)27(29)17(3)11-21/h5-13,26H,4,15,31H2,1-3H3. The van der Waals surface area contributed by atoms with Crippen LogP contribution >= 0.6 is 11.6 Å². The maximum Gasteiger partial charge on any atom is 0.349 e. The molecule has 1 atom stereocenters. The molecule has 36 heavy (non-hydrogen) atoms. The normalized spacial score (nSPS) is 14.4. The average Bonchev–Trinajstić information content (AvgIpc) is 2.85. The summed E-state index contributed by atoms with van der Waals surface area (Å²) in [5.41, 5.74) is 9.65. The second-order valence-electron chi connectivity index (χ2n) is 8.26. The van der Waals surface area contributed by atoms with E-state index < -0.39 is 11.9 Å². The molecule has 8 heteroatoms. The van der Waals surface area contributed by atoms with Gasteiger partial charge in [0.25, 0.3) is 0 Å². The largest absolute Gasteiger partial charge is 0.494 e. The van der Waals surface area contributed by atoms with E-state index in [1.807, 2.05) is 45.0 Å². The third-order valence-electron chi connectivity index (χ3n) is 5.69. The summed E-state index contributed by atoms with van der Waals surface area (Å²) >= 11 is 6.18. The second kappa shape index (κ2) is 10.6. The van der Waals surface area contributed by atoms with Gasteiger partial charge in [-0.3, -0.25) is 0 Å². The molecule has 0 amide bonds. The molecule has 0 fully saturated rings. The van der Waals surface area contributed by atoms with Gasteiger partial charge in [0.15, 0.2) is 6.61 Å². The van der Waals surface area contributed by atoms with Crippen LogP contribution < -0.4 is 24.7 Å². The van der Waals surface area contributed by atoms with Crippen molar-refractivity contribution in [3.8, 4) is 29.1 Å². The molecule has 1 unspecified atom stereocenters. The summed E-state index contributed by atoms with van der Waals surface area (Å²) in [7, 11) is 0. The predicted molar refractivity (Wildman–Crippen MR) is 135 cm³/mol. The molecule has 1 aliphatic heterocycles. The predicted octanol–water partition coefficient (Wildman–Crippen LogP) is 5.56. The summed E-state index contributed by atoms with van der Waals surface area (Å²) in [6.45, 7) is 5.87. The van der Waals surface area contributed by atoms with Crippen molar-refractivity contribution in [1.29, 1.82) is 5.26 Å². The molecule has 4 rings (SSSR count). The fourth-order valence-corrected chi connectivity index (χ4v) is 4.19. The number of halogens is 1. The Morgan fingerprint density at radius 1 is 1.06 bits per heavy atom. The summed E-state index contributed by atoms with van der Waals surface area (Å²) in [5.74, 6) is 0.836. The zero-order valence-corrected chi connectivity index (χ0v) is 20.9. The van der Waals surface area contributed by atoms with Crippen molar-refractivity contribution in [3.63, 3.8) is 0 Å². The van der Waals surface area contributed by atoms with E-state index in [2.05, 4.69) is 6.07 Å². The lowest BCUT2D eigenvalue weighted by molar-refractivity contribution is -0.136. The van der Waals surface area contributed by atoms with Gasteiger partial charge in [-0.05, 0) is 67.8 Å². The number of aryl methyl sites for hydroxylation is 2. The van der Waals surface area contributed by atoms with Gasteiger partial charge in [0.1, 0.15) is 34.6 Å². The lowest BCUT2D eigenvalue weighted by atomic mass is 9.83. The second-order valence-corrected chi connectivity index (χ2v) is 8.64.